The van der Waals surface area contributed by atoms with E-state index in [-0.39, 0.29) is 11.5 Å². The van der Waals surface area contributed by atoms with Gasteiger partial charge in [0.15, 0.2) is 5.78 Å². The number of hydrogen-bond acceptors (Lipinski definition) is 3. The summed E-state index contributed by atoms with van der Waals surface area (Å²) in [6, 6.07) is 0. The molecule has 2 saturated carbocycles. The second-order valence-corrected chi connectivity index (χ2v) is 6.34. The molecule has 1 spiro atoms. The average Bonchev–Trinajstić information content (AvgIpc) is 2.86. The molecule has 1 heterocycles. The Morgan fingerprint density at radius 3 is 2.44 bits per heavy atom. The number of Topliss-reactive ketones (excluding diaryl/α,β-unsaturated/α-hetero) is 1. The van der Waals surface area contributed by atoms with Gasteiger partial charge in [-0.2, -0.15) is 0 Å². The Morgan fingerprint density at radius 2 is 1.89 bits per heavy atom. The molecule has 3 heteroatoms. The number of hydrogen-bond donors (Lipinski definition) is 0. The maximum atomic E-state index is 12.8. The summed E-state index contributed by atoms with van der Waals surface area (Å²) in [5, 5.41) is 0. The Bertz CT molecular complexity index is 327. The summed E-state index contributed by atoms with van der Waals surface area (Å²) < 4.78 is 11.6. The van der Waals surface area contributed by atoms with Gasteiger partial charge in [-0.15, -0.1) is 0 Å². The third-order valence-electron chi connectivity index (χ3n) is 5.38. The van der Waals surface area contributed by atoms with E-state index < -0.39 is 5.60 Å². The lowest BCUT2D eigenvalue weighted by atomic mass is 9.69. The quantitative estimate of drug-likeness (QED) is 0.774. The monoisotopic (exact) mass is 252 g/mol. The third-order valence-corrected chi connectivity index (χ3v) is 5.38. The zero-order valence-electron chi connectivity index (χ0n) is 11.4. The van der Waals surface area contributed by atoms with Crippen LogP contribution in [0.15, 0.2) is 0 Å². The Hall–Kier alpha value is -0.410. The van der Waals surface area contributed by atoms with E-state index in [1.54, 1.807) is 7.11 Å². The highest BCUT2D eigenvalue weighted by atomic mass is 16.5. The van der Waals surface area contributed by atoms with Crippen molar-refractivity contribution in [1.29, 1.82) is 0 Å². The number of methoxy groups -OCH3 is 1. The maximum absolute atomic E-state index is 12.8. The Morgan fingerprint density at radius 1 is 1.17 bits per heavy atom. The van der Waals surface area contributed by atoms with Crippen LogP contribution in [-0.2, 0) is 14.3 Å². The largest absolute Gasteiger partial charge is 0.375 e. The zero-order chi connectivity index (χ0) is 12.6. The molecule has 102 valence electrons. The van der Waals surface area contributed by atoms with E-state index in [2.05, 4.69) is 0 Å². The standard InChI is InChI=1S/C15H24O3/c1-17-15(8-2-3-9-15)13(16)12-5-10-18-14(11-12)6-4-7-14/h12H,2-11H2,1H3. The lowest BCUT2D eigenvalue weighted by Gasteiger charge is -2.47. The van der Waals surface area contributed by atoms with Gasteiger partial charge in [0.05, 0.1) is 5.60 Å². The van der Waals surface area contributed by atoms with Gasteiger partial charge in [0.2, 0.25) is 0 Å². The van der Waals surface area contributed by atoms with Crippen molar-refractivity contribution in [3.8, 4) is 0 Å². The van der Waals surface area contributed by atoms with Crippen LogP contribution >= 0.6 is 0 Å². The fourth-order valence-electron chi connectivity index (χ4n) is 4.04. The molecular formula is C15H24O3. The first-order chi connectivity index (χ1) is 8.70. The SMILES string of the molecule is COC1(C(=O)C2CCOC3(CCC3)C2)CCCC1. The fourth-order valence-corrected chi connectivity index (χ4v) is 4.04. The van der Waals surface area contributed by atoms with Gasteiger partial charge in [-0.25, -0.2) is 0 Å². The second-order valence-electron chi connectivity index (χ2n) is 6.34. The Balaban J connectivity index is 1.71. The molecule has 1 unspecified atom stereocenters. The van der Waals surface area contributed by atoms with Gasteiger partial charge in [0.25, 0.3) is 0 Å². The first-order valence-corrected chi connectivity index (χ1v) is 7.43. The van der Waals surface area contributed by atoms with Gasteiger partial charge < -0.3 is 9.47 Å². The molecule has 0 amide bonds. The molecule has 1 saturated heterocycles. The molecule has 0 aromatic rings. The smallest absolute Gasteiger partial charge is 0.167 e. The molecule has 0 N–H and O–H groups in total. The topological polar surface area (TPSA) is 35.5 Å². The van der Waals surface area contributed by atoms with Crippen LogP contribution in [0.5, 0.6) is 0 Å². The van der Waals surface area contributed by atoms with Crippen molar-refractivity contribution < 1.29 is 14.3 Å². The highest BCUT2D eigenvalue weighted by Gasteiger charge is 2.50. The molecule has 1 atom stereocenters. The van der Waals surface area contributed by atoms with Crippen molar-refractivity contribution in [2.24, 2.45) is 5.92 Å². The summed E-state index contributed by atoms with van der Waals surface area (Å²) in [5.74, 6) is 0.550. The molecule has 1 aliphatic heterocycles. The van der Waals surface area contributed by atoms with Crippen LogP contribution in [0.4, 0.5) is 0 Å². The third kappa shape index (κ3) is 1.92. The summed E-state index contributed by atoms with van der Waals surface area (Å²) in [4.78, 5) is 12.8. The van der Waals surface area contributed by atoms with Crippen molar-refractivity contribution in [1.82, 2.24) is 0 Å². The minimum Gasteiger partial charge on any atom is -0.375 e. The molecule has 0 aromatic heterocycles. The number of carbonyl (C=O) groups is 1. The van der Waals surface area contributed by atoms with Crippen molar-refractivity contribution >= 4 is 5.78 Å². The van der Waals surface area contributed by atoms with Gasteiger partial charge in [0, 0.05) is 19.6 Å². The summed E-state index contributed by atoms with van der Waals surface area (Å²) in [6.45, 7) is 0.760. The molecule has 0 radical (unpaired) electrons. The molecule has 3 fully saturated rings. The highest BCUT2D eigenvalue weighted by Crippen LogP contribution is 2.46. The number of ketones is 1. The van der Waals surface area contributed by atoms with Crippen molar-refractivity contribution in [3.63, 3.8) is 0 Å². The molecule has 2 aliphatic carbocycles. The first kappa shape index (κ1) is 12.6. The first-order valence-electron chi connectivity index (χ1n) is 7.43. The minimum atomic E-state index is -0.451. The fraction of sp³-hybridized carbons (Fsp3) is 0.933. The van der Waals surface area contributed by atoms with E-state index in [0.717, 1.165) is 58.0 Å². The van der Waals surface area contributed by atoms with Gasteiger partial charge in [-0.3, -0.25) is 4.79 Å². The van der Waals surface area contributed by atoms with E-state index in [1.807, 2.05) is 0 Å². The van der Waals surface area contributed by atoms with E-state index >= 15 is 0 Å². The predicted octanol–water partition coefficient (Wildman–Crippen LogP) is 2.86. The minimum absolute atomic E-state index is 0.0616. The van der Waals surface area contributed by atoms with Gasteiger partial charge in [-0.1, -0.05) is 0 Å². The summed E-state index contributed by atoms with van der Waals surface area (Å²) >= 11 is 0. The van der Waals surface area contributed by atoms with E-state index in [1.165, 1.54) is 6.42 Å². The lowest BCUT2D eigenvalue weighted by molar-refractivity contribution is -0.168. The summed E-state index contributed by atoms with van der Waals surface area (Å²) in [5.41, 5.74) is -0.390. The second kappa shape index (κ2) is 4.61. The average molecular weight is 252 g/mol. The predicted molar refractivity (Wildman–Crippen MR) is 68.5 cm³/mol. The summed E-state index contributed by atoms with van der Waals surface area (Å²) in [7, 11) is 1.71. The molecule has 3 aliphatic rings. The Kier molecular flexibility index (Phi) is 3.23. The van der Waals surface area contributed by atoms with Crippen LogP contribution in [0.25, 0.3) is 0 Å². The number of ether oxygens (including phenoxy) is 2. The van der Waals surface area contributed by atoms with Crippen LogP contribution in [0, 0.1) is 5.92 Å². The van der Waals surface area contributed by atoms with Gasteiger partial charge in [-0.05, 0) is 57.8 Å². The molecule has 3 rings (SSSR count). The zero-order valence-corrected chi connectivity index (χ0v) is 11.4. The normalized spacial score (nSPS) is 33.3. The molecule has 0 aromatic carbocycles. The summed E-state index contributed by atoms with van der Waals surface area (Å²) in [6.07, 6.45) is 9.51. The Labute approximate surface area is 109 Å². The van der Waals surface area contributed by atoms with E-state index in [4.69, 9.17) is 9.47 Å². The molecule has 0 bridgehead atoms. The maximum Gasteiger partial charge on any atom is 0.167 e. The number of rotatable bonds is 3. The van der Waals surface area contributed by atoms with Gasteiger partial charge >= 0.3 is 0 Å². The van der Waals surface area contributed by atoms with Crippen molar-refractivity contribution in [3.05, 3.63) is 0 Å². The van der Waals surface area contributed by atoms with Gasteiger partial charge in [0.1, 0.15) is 5.60 Å². The van der Waals surface area contributed by atoms with Crippen LogP contribution < -0.4 is 0 Å². The van der Waals surface area contributed by atoms with Crippen LogP contribution in [0.3, 0.4) is 0 Å². The van der Waals surface area contributed by atoms with Crippen LogP contribution in [0.2, 0.25) is 0 Å². The van der Waals surface area contributed by atoms with Crippen LogP contribution in [0.1, 0.15) is 57.8 Å². The number of carbonyl (C=O) groups excluding carboxylic acids is 1. The molecule has 18 heavy (non-hydrogen) atoms. The van der Waals surface area contributed by atoms with Crippen molar-refractivity contribution in [2.75, 3.05) is 13.7 Å². The van der Waals surface area contributed by atoms with Crippen LogP contribution in [-0.4, -0.2) is 30.7 Å². The van der Waals surface area contributed by atoms with E-state index in [0.29, 0.717) is 5.78 Å². The van der Waals surface area contributed by atoms with Crippen molar-refractivity contribution in [2.45, 2.75) is 69.0 Å². The lowest BCUT2D eigenvalue weighted by Crippen LogP contribution is -2.51. The molecule has 3 nitrogen and oxygen atoms in total. The molecular weight excluding hydrogens is 228 g/mol. The highest BCUT2D eigenvalue weighted by molar-refractivity contribution is 5.90. The van der Waals surface area contributed by atoms with E-state index in [9.17, 15) is 4.79 Å².